The van der Waals surface area contributed by atoms with Gasteiger partial charge in [-0.1, -0.05) is 54.1 Å². The third kappa shape index (κ3) is 7.00. The van der Waals surface area contributed by atoms with Gasteiger partial charge in [0.15, 0.2) is 5.60 Å². The van der Waals surface area contributed by atoms with Crippen LogP contribution in [0.3, 0.4) is 0 Å². The lowest BCUT2D eigenvalue weighted by Crippen LogP contribution is -2.41. The molecule has 7 nitrogen and oxygen atoms in total. The van der Waals surface area contributed by atoms with Gasteiger partial charge in [-0.25, -0.2) is 0 Å². The molecule has 1 aromatic heterocycles. The van der Waals surface area contributed by atoms with E-state index < -0.39 is 5.60 Å². The number of nitrogens with zero attached hydrogens (tertiary/aromatic N) is 2. The van der Waals surface area contributed by atoms with Gasteiger partial charge < -0.3 is 23.7 Å². The van der Waals surface area contributed by atoms with E-state index in [4.69, 9.17) is 18.6 Å². The van der Waals surface area contributed by atoms with Crippen molar-refractivity contribution in [3.8, 4) is 11.5 Å². The first-order chi connectivity index (χ1) is 20.0. The molecule has 1 N–H and O–H groups in total. The second-order valence-electron chi connectivity index (χ2n) is 10.6. The number of aryl methyl sites for hydroxylation is 1. The molecule has 41 heavy (non-hydrogen) atoms. The molecule has 0 unspecified atom stereocenters. The Kier molecular flexibility index (Phi) is 9.42. The second kappa shape index (κ2) is 13.4. The van der Waals surface area contributed by atoms with Crippen LogP contribution in [-0.4, -0.2) is 68.5 Å². The molecule has 0 radical (unpaired) electrons. The summed E-state index contributed by atoms with van der Waals surface area (Å²) in [7, 11) is 3.26. The van der Waals surface area contributed by atoms with Gasteiger partial charge in [-0.2, -0.15) is 0 Å². The SMILES string of the molecule is COc1ccc(C(O)(c2ccc(OC)cc2)c2ccc(CN(CCN3CCOCC3)Cc3cccc(C)c3)o2)cc1. The first-order valence-corrected chi connectivity index (χ1v) is 14.2. The van der Waals surface area contributed by atoms with Crippen molar-refractivity contribution in [3.63, 3.8) is 0 Å². The highest BCUT2D eigenvalue weighted by atomic mass is 16.5. The molecule has 0 aliphatic carbocycles. The molecule has 216 valence electrons. The van der Waals surface area contributed by atoms with Gasteiger partial charge in [0.1, 0.15) is 23.0 Å². The third-order valence-corrected chi connectivity index (χ3v) is 7.74. The molecule has 4 aromatic rings. The van der Waals surface area contributed by atoms with Crippen LogP contribution in [0.2, 0.25) is 0 Å². The first kappa shape index (κ1) is 28.9. The van der Waals surface area contributed by atoms with Crippen LogP contribution in [0.5, 0.6) is 11.5 Å². The van der Waals surface area contributed by atoms with Crippen molar-refractivity contribution in [1.82, 2.24) is 9.80 Å². The summed E-state index contributed by atoms with van der Waals surface area (Å²) < 4.78 is 22.7. The molecular formula is C34H40N2O5. The van der Waals surface area contributed by atoms with Crippen molar-refractivity contribution in [2.45, 2.75) is 25.6 Å². The largest absolute Gasteiger partial charge is 0.497 e. The second-order valence-corrected chi connectivity index (χ2v) is 10.6. The number of rotatable bonds is 12. The van der Waals surface area contributed by atoms with Gasteiger partial charge in [0, 0.05) is 32.7 Å². The average molecular weight is 557 g/mol. The molecule has 5 rings (SSSR count). The molecule has 0 bridgehead atoms. The van der Waals surface area contributed by atoms with Crippen LogP contribution >= 0.6 is 0 Å². The Morgan fingerprint density at radius 1 is 0.829 bits per heavy atom. The Balaban J connectivity index is 1.42. The molecule has 2 heterocycles. The van der Waals surface area contributed by atoms with E-state index in [1.165, 1.54) is 11.1 Å². The fourth-order valence-electron chi connectivity index (χ4n) is 5.38. The smallest absolute Gasteiger partial charge is 0.173 e. The van der Waals surface area contributed by atoms with E-state index in [0.29, 0.717) is 23.4 Å². The number of hydrogen-bond donors (Lipinski definition) is 1. The van der Waals surface area contributed by atoms with E-state index in [-0.39, 0.29) is 0 Å². The maximum absolute atomic E-state index is 12.3. The van der Waals surface area contributed by atoms with Crippen molar-refractivity contribution in [2.24, 2.45) is 0 Å². The fourth-order valence-corrected chi connectivity index (χ4v) is 5.38. The van der Waals surface area contributed by atoms with Gasteiger partial charge in [0.2, 0.25) is 0 Å². The highest BCUT2D eigenvalue weighted by molar-refractivity contribution is 5.46. The van der Waals surface area contributed by atoms with E-state index in [1.54, 1.807) is 14.2 Å². The summed E-state index contributed by atoms with van der Waals surface area (Å²) in [6.45, 7) is 8.90. The molecule has 0 spiro atoms. The molecule has 0 saturated carbocycles. The van der Waals surface area contributed by atoms with Crippen molar-refractivity contribution < 1.29 is 23.7 Å². The summed E-state index contributed by atoms with van der Waals surface area (Å²) in [6, 6.07) is 27.4. The Hall–Kier alpha value is -3.62. The lowest BCUT2D eigenvalue weighted by atomic mass is 9.84. The zero-order chi connectivity index (χ0) is 28.7. The van der Waals surface area contributed by atoms with Crippen LogP contribution in [0.4, 0.5) is 0 Å². The summed E-state index contributed by atoms with van der Waals surface area (Å²) in [5.41, 5.74) is 2.40. The lowest BCUT2D eigenvalue weighted by molar-refractivity contribution is 0.0319. The molecule has 1 fully saturated rings. The zero-order valence-corrected chi connectivity index (χ0v) is 24.2. The summed E-state index contributed by atoms with van der Waals surface area (Å²) in [6.07, 6.45) is 0. The fraction of sp³-hybridized carbons (Fsp3) is 0.353. The van der Waals surface area contributed by atoms with Gasteiger partial charge in [0.05, 0.1) is 34.0 Å². The molecule has 1 saturated heterocycles. The summed E-state index contributed by atoms with van der Waals surface area (Å²) in [4.78, 5) is 4.86. The Bertz CT molecular complexity index is 1330. The van der Waals surface area contributed by atoms with Crippen molar-refractivity contribution in [3.05, 3.63) is 119 Å². The number of morpholine rings is 1. The first-order valence-electron chi connectivity index (χ1n) is 14.2. The van der Waals surface area contributed by atoms with E-state index >= 15 is 0 Å². The highest BCUT2D eigenvalue weighted by Crippen LogP contribution is 2.39. The van der Waals surface area contributed by atoms with Crippen LogP contribution in [0, 0.1) is 6.92 Å². The van der Waals surface area contributed by atoms with Crippen LogP contribution in [0.25, 0.3) is 0 Å². The molecule has 1 aliphatic heterocycles. The monoisotopic (exact) mass is 556 g/mol. The van der Waals surface area contributed by atoms with E-state index in [0.717, 1.165) is 63.2 Å². The highest BCUT2D eigenvalue weighted by Gasteiger charge is 2.37. The van der Waals surface area contributed by atoms with Gasteiger partial charge in [-0.15, -0.1) is 0 Å². The van der Waals surface area contributed by atoms with Gasteiger partial charge in [0.25, 0.3) is 0 Å². The van der Waals surface area contributed by atoms with Crippen molar-refractivity contribution in [1.29, 1.82) is 0 Å². The topological polar surface area (TPSA) is 67.5 Å². The van der Waals surface area contributed by atoms with Crippen molar-refractivity contribution >= 4 is 0 Å². The lowest BCUT2D eigenvalue weighted by Gasteiger charge is -2.30. The normalized spacial score (nSPS) is 14.4. The molecule has 7 heteroatoms. The van der Waals surface area contributed by atoms with Gasteiger partial charge >= 0.3 is 0 Å². The number of methoxy groups -OCH3 is 2. The van der Waals surface area contributed by atoms with E-state index in [9.17, 15) is 5.11 Å². The Morgan fingerprint density at radius 3 is 2.05 bits per heavy atom. The van der Waals surface area contributed by atoms with Crippen LogP contribution < -0.4 is 9.47 Å². The van der Waals surface area contributed by atoms with Crippen LogP contribution in [0.1, 0.15) is 33.8 Å². The molecule has 3 aromatic carbocycles. The number of ether oxygens (including phenoxy) is 3. The van der Waals surface area contributed by atoms with Gasteiger partial charge in [-0.05, 0) is 60.0 Å². The number of furan rings is 1. The summed E-state index contributed by atoms with van der Waals surface area (Å²) in [5, 5.41) is 12.3. The predicted octanol–water partition coefficient (Wildman–Crippen LogP) is 5.22. The Morgan fingerprint density at radius 2 is 1.46 bits per heavy atom. The minimum absolute atomic E-state index is 0.464. The quantitative estimate of drug-likeness (QED) is 0.257. The van der Waals surface area contributed by atoms with E-state index in [2.05, 4.69) is 41.0 Å². The van der Waals surface area contributed by atoms with Crippen LogP contribution in [-0.2, 0) is 23.4 Å². The Labute approximate surface area is 242 Å². The standard InChI is InChI=1S/C34H40N2O5/c1-26-5-4-6-27(23-26)24-36(18-17-35-19-21-40-22-20-35)25-32-15-16-33(41-32)34(37,28-7-11-30(38-2)12-8-28)29-9-13-31(39-3)14-10-29/h4-16,23,37H,17-22,24-25H2,1-3H3. The number of benzene rings is 3. The summed E-state index contributed by atoms with van der Waals surface area (Å²) >= 11 is 0. The predicted molar refractivity (Wildman–Crippen MR) is 159 cm³/mol. The molecule has 0 amide bonds. The molecule has 0 atom stereocenters. The van der Waals surface area contributed by atoms with E-state index in [1.807, 2.05) is 60.7 Å². The average Bonchev–Trinajstić information content (AvgIpc) is 3.49. The maximum atomic E-state index is 12.3. The number of hydrogen-bond acceptors (Lipinski definition) is 7. The molecular weight excluding hydrogens is 516 g/mol. The van der Waals surface area contributed by atoms with Crippen molar-refractivity contribution in [2.75, 3.05) is 53.6 Å². The molecule has 1 aliphatic rings. The van der Waals surface area contributed by atoms with Crippen LogP contribution in [0.15, 0.2) is 89.3 Å². The minimum atomic E-state index is -1.49. The maximum Gasteiger partial charge on any atom is 0.173 e. The third-order valence-electron chi connectivity index (χ3n) is 7.74. The zero-order valence-electron chi connectivity index (χ0n) is 24.2. The minimum Gasteiger partial charge on any atom is -0.497 e. The summed E-state index contributed by atoms with van der Waals surface area (Å²) in [5.74, 6) is 2.71. The number of aliphatic hydroxyl groups is 1. The van der Waals surface area contributed by atoms with Gasteiger partial charge in [-0.3, -0.25) is 9.80 Å².